The number of nitrogens with one attached hydrogen (secondary N) is 1. The summed E-state index contributed by atoms with van der Waals surface area (Å²) in [4.78, 5) is 0. The van der Waals surface area contributed by atoms with Crippen LogP contribution in [0.25, 0.3) is 0 Å². The first-order valence-corrected chi connectivity index (χ1v) is 6.39. The van der Waals surface area contributed by atoms with Crippen LogP contribution in [0.2, 0.25) is 0 Å². The molecule has 0 unspecified atom stereocenters. The smallest absolute Gasteiger partial charge is 0.0958 e. The molecule has 2 nitrogen and oxygen atoms in total. The number of morpholine rings is 1. The molecule has 1 N–H and O–H groups in total. The highest BCUT2D eigenvalue weighted by molar-refractivity contribution is 5.21. The first kappa shape index (κ1) is 11.5. The molecule has 0 spiro atoms. The maximum Gasteiger partial charge on any atom is 0.0958 e. The number of hydrogen-bond acceptors (Lipinski definition) is 2. The van der Waals surface area contributed by atoms with Crippen LogP contribution in [-0.4, -0.2) is 13.1 Å². The molecule has 1 heterocycles. The molecule has 1 fully saturated rings. The molecule has 0 bridgehead atoms. The molecule has 92 valence electrons. The van der Waals surface area contributed by atoms with Crippen molar-refractivity contribution in [2.45, 2.75) is 12.2 Å². The van der Waals surface area contributed by atoms with E-state index in [0.717, 1.165) is 13.1 Å². The minimum Gasteiger partial charge on any atom is -0.363 e. The minimum atomic E-state index is 0.144. The third-order valence-corrected chi connectivity index (χ3v) is 3.33. The summed E-state index contributed by atoms with van der Waals surface area (Å²) in [5, 5.41) is 3.46. The summed E-state index contributed by atoms with van der Waals surface area (Å²) >= 11 is 0. The Bertz CT molecular complexity index is 437. The average molecular weight is 239 g/mol. The fraction of sp³-hybridized carbons (Fsp3) is 0.250. The summed E-state index contributed by atoms with van der Waals surface area (Å²) in [6.45, 7) is 1.76. The van der Waals surface area contributed by atoms with Gasteiger partial charge in [-0.15, -0.1) is 0 Å². The molecular weight excluding hydrogens is 222 g/mol. The van der Waals surface area contributed by atoms with Crippen molar-refractivity contribution in [3.05, 3.63) is 71.8 Å². The molecule has 0 saturated carbocycles. The largest absolute Gasteiger partial charge is 0.363 e. The second-order valence-corrected chi connectivity index (χ2v) is 4.59. The van der Waals surface area contributed by atoms with Gasteiger partial charge in [-0.05, 0) is 11.1 Å². The Morgan fingerprint density at radius 1 is 0.722 bits per heavy atom. The molecular formula is C16H17NO. The highest BCUT2D eigenvalue weighted by atomic mass is 16.5. The number of rotatable bonds is 2. The van der Waals surface area contributed by atoms with E-state index in [4.69, 9.17) is 4.74 Å². The van der Waals surface area contributed by atoms with Crippen molar-refractivity contribution in [1.29, 1.82) is 0 Å². The van der Waals surface area contributed by atoms with Crippen molar-refractivity contribution in [1.82, 2.24) is 5.32 Å². The van der Waals surface area contributed by atoms with E-state index in [1.165, 1.54) is 11.1 Å². The SMILES string of the molecule is c1ccc([C@H]2CNC[C@H](c3ccccc3)O2)cc1. The number of benzene rings is 2. The Labute approximate surface area is 108 Å². The van der Waals surface area contributed by atoms with E-state index in [1.54, 1.807) is 0 Å². The van der Waals surface area contributed by atoms with E-state index in [0.29, 0.717) is 0 Å². The van der Waals surface area contributed by atoms with Gasteiger partial charge < -0.3 is 10.1 Å². The third kappa shape index (κ3) is 2.45. The molecule has 2 heteroatoms. The quantitative estimate of drug-likeness (QED) is 0.869. The fourth-order valence-corrected chi connectivity index (χ4v) is 2.37. The van der Waals surface area contributed by atoms with E-state index >= 15 is 0 Å². The second-order valence-electron chi connectivity index (χ2n) is 4.59. The van der Waals surface area contributed by atoms with Gasteiger partial charge in [-0.2, -0.15) is 0 Å². The van der Waals surface area contributed by atoms with Crippen molar-refractivity contribution < 1.29 is 4.74 Å². The van der Waals surface area contributed by atoms with E-state index in [9.17, 15) is 0 Å². The lowest BCUT2D eigenvalue weighted by atomic mass is 10.0. The van der Waals surface area contributed by atoms with Gasteiger partial charge in [0, 0.05) is 13.1 Å². The van der Waals surface area contributed by atoms with Gasteiger partial charge in [-0.3, -0.25) is 0 Å². The standard InChI is InChI=1S/C16H17NO/c1-3-7-13(8-4-1)15-11-17-12-16(18-15)14-9-5-2-6-10-14/h1-10,15-17H,11-12H2/t15-,16-/m1/s1. The van der Waals surface area contributed by atoms with Crippen LogP contribution in [0.5, 0.6) is 0 Å². The first-order valence-electron chi connectivity index (χ1n) is 6.39. The van der Waals surface area contributed by atoms with Gasteiger partial charge in [0.1, 0.15) is 0 Å². The zero-order valence-corrected chi connectivity index (χ0v) is 10.3. The Morgan fingerprint density at radius 2 is 1.17 bits per heavy atom. The summed E-state index contributed by atoms with van der Waals surface area (Å²) in [6, 6.07) is 20.8. The molecule has 0 radical (unpaired) electrons. The lowest BCUT2D eigenvalue weighted by molar-refractivity contribution is -0.0406. The van der Waals surface area contributed by atoms with E-state index in [-0.39, 0.29) is 12.2 Å². The Morgan fingerprint density at radius 3 is 1.61 bits per heavy atom. The Hall–Kier alpha value is -1.64. The molecule has 18 heavy (non-hydrogen) atoms. The van der Waals surface area contributed by atoms with Crippen molar-refractivity contribution in [2.75, 3.05) is 13.1 Å². The van der Waals surface area contributed by atoms with Gasteiger partial charge in [0.2, 0.25) is 0 Å². The van der Waals surface area contributed by atoms with Gasteiger partial charge in [0.25, 0.3) is 0 Å². The van der Waals surface area contributed by atoms with E-state index in [1.807, 2.05) is 12.1 Å². The highest BCUT2D eigenvalue weighted by Crippen LogP contribution is 2.28. The minimum absolute atomic E-state index is 0.144. The van der Waals surface area contributed by atoms with Crippen LogP contribution >= 0.6 is 0 Å². The maximum absolute atomic E-state index is 6.20. The summed E-state index contributed by atoms with van der Waals surface area (Å²) < 4.78 is 6.20. The van der Waals surface area contributed by atoms with Gasteiger partial charge in [-0.25, -0.2) is 0 Å². The second kappa shape index (κ2) is 5.34. The average Bonchev–Trinajstić information content (AvgIpc) is 2.49. The van der Waals surface area contributed by atoms with Crippen LogP contribution in [0.4, 0.5) is 0 Å². The van der Waals surface area contributed by atoms with Crippen LogP contribution in [-0.2, 0) is 4.74 Å². The van der Waals surface area contributed by atoms with Crippen molar-refractivity contribution in [3.63, 3.8) is 0 Å². The maximum atomic E-state index is 6.20. The fourth-order valence-electron chi connectivity index (χ4n) is 2.37. The normalized spacial score (nSPS) is 23.8. The van der Waals surface area contributed by atoms with Gasteiger partial charge in [-0.1, -0.05) is 60.7 Å². The van der Waals surface area contributed by atoms with Crippen LogP contribution in [0.1, 0.15) is 23.3 Å². The summed E-state index contributed by atoms with van der Waals surface area (Å²) in [7, 11) is 0. The predicted octanol–water partition coefficient (Wildman–Crippen LogP) is 3.09. The molecule has 0 aromatic heterocycles. The highest BCUT2D eigenvalue weighted by Gasteiger charge is 2.24. The van der Waals surface area contributed by atoms with Crippen LogP contribution in [0.15, 0.2) is 60.7 Å². The summed E-state index contributed by atoms with van der Waals surface area (Å²) in [6.07, 6.45) is 0.287. The zero-order chi connectivity index (χ0) is 12.2. The number of hydrogen-bond donors (Lipinski definition) is 1. The van der Waals surface area contributed by atoms with Gasteiger partial charge >= 0.3 is 0 Å². The number of ether oxygens (including phenoxy) is 1. The molecule has 0 amide bonds. The molecule has 1 aliphatic heterocycles. The summed E-state index contributed by atoms with van der Waals surface area (Å²) in [5.41, 5.74) is 2.48. The van der Waals surface area contributed by atoms with E-state index in [2.05, 4.69) is 53.8 Å². The molecule has 3 rings (SSSR count). The third-order valence-electron chi connectivity index (χ3n) is 3.33. The van der Waals surface area contributed by atoms with Gasteiger partial charge in [0.05, 0.1) is 12.2 Å². The van der Waals surface area contributed by atoms with Crippen LogP contribution in [0.3, 0.4) is 0 Å². The first-order chi connectivity index (χ1) is 8.93. The van der Waals surface area contributed by atoms with Crippen molar-refractivity contribution in [3.8, 4) is 0 Å². The molecule has 2 aromatic carbocycles. The Kier molecular flexibility index (Phi) is 3.40. The van der Waals surface area contributed by atoms with E-state index < -0.39 is 0 Å². The predicted molar refractivity (Wildman–Crippen MR) is 72.3 cm³/mol. The zero-order valence-electron chi connectivity index (χ0n) is 10.3. The topological polar surface area (TPSA) is 21.3 Å². The monoisotopic (exact) mass is 239 g/mol. The molecule has 2 atom stereocenters. The van der Waals surface area contributed by atoms with Crippen LogP contribution < -0.4 is 5.32 Å². The van der Waals surface area contributed by atoms with Crippen LogP contribution in [0, 0.1) is 0 Å². The lowest BCUT2D eigenvalue weighted by Gasteiger charge is -2.31. The molecule has 1 saturated heterocycles. The lowest BCUT2D eigenvalue weighted by Crippen LogP contribution is -2.35. The van der Waals surface area contributed by atoms with Crippen molar-refractivity contribution >= 4 is 0 Å². The summed E-state index contributed by atoms with van der Waals surface area (Å²) in [5.74, 6) is 0. The van der Waals surface area contributed by atoms with Crippen molar-refractivity contribution in [2.24, 2.45) is 0 Å². The molecule has 0 aliphatic carbocycles. The molecule has 2 aromatic rings. The molecule has 1 aliphatic rings. The Balaban J connectivity index is 1.77. The van der Waals surface area contributed by atoms with Gasteiger partial charge in [0.15, 0.2) is 0 Å².